The summed E-state index contributed by atoms with van der Waals surface area (Å²) in [6.07, 6.45) is 6.48. The van der Waals surface area contributed by atoms with Crippen LogP contribution in [0.2, 0.25) is 0 Å². The second kappa shape index (κ2) is 2.93. The zero-order valence-corrected chi connectivity index (χ0v) is 7.11. The minimum absolute atomic E-state index is 0.884. The summed E-state index contributed by atoms with van der Waals surface area (Å²) < 4.78 is 0. The summed E-state index contributed by atoms with van der Waals surface area (Å²) in [5.41, 5.74) is -0.00919. The van der Waals surface area contributed by atoms with Crippen LogP contribution in [0.5, 0.6) is 0 Å². The van der Waals surface area contributed by atoms with Crippen molar-refractivity contribution >= 4 is 12.2 Å². The van der Waals surface area contributed by atoms with Gasteiger partial charge < -0.3 is 5.11 Å². The second-order valence-corrected chi connectivity index (χ2v) is 3.07. The van der Waals surface area contributed by atoms with Crippen LogP contribution in [-0.2, 0) is 4.79 Å². The lowest BCUT2D eigenvalue weighted by molar-refractivity contribution is -0.141. The van der Waals surface area contributed by atoms with Crippen LogP contribution >= 0.6 is 0 Å². The Kier molecular flexibility index (Phi) is 2.13. The van der Waals surface area contributed by atoms with Gasteiger partial charge in [0, 0.05) is 12.4 Å². The first-order valence-electron chi connectivity index (χ1n) is 3.68. The summed E-state index contributed by atoms with van der Waals surface area (Å²) in [7, 11) is 0. The Morgan fingerprint density at radius 2 is 2.33 bits per heavy atom. The molecule has 3 heteroatoms. The smallest absolute Gasteiger partial charge is 0.318 e. The fourth-order valence-electron chi connectivity index (χ4n) is 0.827. The van der Waals surface area contributed by atoms with Gasteiger partial charge in [-0.25, -0.2) is 0 Å². The van der Waals surface area contributed by atoms with Crippen molar-refractivity contribution in [3.05, 3.63) is 23.9 Å². The quantitative estimate of drug-likeness (QED) is 0.641. The van der Waals surface area contributed by atoms with Gasteiger partial charge in [0.2, 0.25) is 0 Å². The standard InChI is InChI=1S/C9H11NO2/c1-7-3-4-9(2,8(11)12)6-10-5-7/h3-6H,1-2H3,(H,11,12). The van der Waals surface area contributed by atoms with E-state index in [1.165, 1.54) is 6.21 Å². The average Bonchev–Trinajstić information content (AvgIpc) is 2.15. The van der Waals surface area contributed by atoms with Crippen molar-refractivity contribution in [1.82, 2.24) is 0 Å². The molecule has 1 aliphatic rings. The molecule has 0 saturated carbocycles. The first kappa shape index (κ1) is 8.71. The van der Waals surface area contributed by atoms with Crippen LogP contribution in [0.25, 0.3) is 0 Å². The molecule has 3 nitrogen and oxygen atoms in total. The molecule has 1 heterocycles. The first-order chi connectivity index (χ1) is 5.54. The number of carboxylic acids is 1. The van der Waals surface area contributed by atoms with E-state index in [2.05, 4.69) is 4.99 Å². The van der Waals surface area contributed by atoms with E-state index in [1.807, 2.05) is 6.92 Å². The van der Waals surface area contributed by atoms with Gasteiger partial charge in [0.25, 0.3) is 0 Å². The second-order valence-electron chi connectivity index (χ2n) is 3.07. The lowest BCUT2D eigenvalue weighted by atomic mass is 9.92. The lowest BCUT2D eigenvalue weighted by Gasteiger charge is -2.12. The molecule has 0 aromatic carbocycles. The zero-order chi connectivity index (χ0) is 9.19. The summed E-state index contributed by atoms with van der Waals surface area (Å²) >= 11 is 0. The Bertz CT molecular complexity index is 289. The normalized spacial score (nSPS) is 28.0. The predicted molar refractivity (Wildman–Crippen MR) is 47.1 cm³/mol. The number of aliphatic imine (C=N–C) groups is 1. The molecule has 0 aliphatic carbocycles. The molecule has 0 radical (unpaired) electrons. The van der Waals surface area contributed by atoms with E-state index in [1.54, 1.807) is 25.3 Å². The monoisotopic (exact) mass is 165 g/mol. The van der Waals surface area contributed by atoms with Gasteiger partial charge in [-0.05, 0) is 19.4 Å². The van der Waals surface area contributed by atoms with Crippen LogP contribution in [0.1, 0.15) is 13.8 Å². The summed E-state index contributed by atoms with van der Waals surface area (Å²) in [5.74, 6) is -0.884. The summed E-state index contributed by atoms with van der Waals surface area (Å²) in [6, 6.07) is 0. The number of rotatable bonds is 1. The third-order valence-electron chi connectivity index (χ3n) is 1.77. The van der Waals surface area contributed by atoms with Crippen molar-refractivity contribution in [2.45, 2.75) is 13.8 Å². The third-order valence-corrected chi connectivity index (χ3v) is 1.77. The molecule has 1 N–H and O–H groups in total. The van der Waals surface area contributed by atoms with E-state index in [-0.39, 0.29) is 0 Å². The minimum Gasteiger partial charge on any atom is -0.480 e. The van der Waals surface area contributed by atoms with Crippen molar-refractivity contribution in [2.75, 3.05) is 0 Å². The van der Waals surface area contributed by atoms with E-state index < -0.39 is 11.4 Å². The molecule has 1 atom stereocenters. The maximum Gasteiger partial charge on any atom is 0.318 e. The molecule has 64 valence electrons. The Morgan fingerprint density at radius 1 is 1.67 bits per heavy atom. The van der Waals surface area contributed by atoms with Crippen molar-refractivity contribution in [3.8, 4) is 0 Å². The van der Waals surface area contributed by atoms with E-state index in [0.29, 0.717) is 0 Å². The number of hydrogen-bond donors (Lipinski definition) is 1. The topological polar surface area (TPSA) is 49.7 Å². The van der Waals surface area contributed by atoms with Gasteiger partial charge in [-0.15, -0.1) is 0 Å². The fourth-order valence-corrected chi connectivity index (χ4v) is 0.827. The maximum atomic E-state index is 10.8. The molecule has 0 aromatic heterocycles. The number of allylic oxidation sites excluding steroid dienone is 2. The van der Waals surface area contributed by atoms with Crippen LogP contribution in [0.15, 0.2) is 28.9 Å². The number of nitrogens with zero attached hydrogens (tertiary/aromatic N) is 1. The SMILES string of the molecule is CC1=CN=CC(C)(C(=O)O)C=C1. The van der Waals surface area contributed by atoms with Crippen LogP contribution in [0.4, 0.5) is 0 Å². The minimum atomic E-state index is -0.964. The highest BCUT2D eigenvalue weighted by atomic mass is 16.4. The summed E-state index contributed by atoms with van der Waals surface area (Å²) in [6.45, 7) is 3.49. The molecule has 1 aliphatic heterocycles. The highest BCUT2D eigenvalue weighted by molar-refractivity contribution is 5.96. The van der Waals surface area contributed by atoms with Crippen molar-refractivity contribution < 1.29 is 9.90 Å². The molecule has 0 fully saturated rings. The molecule has 0 amide bonds. The molecular formula is C9H11NO2. The molecular weight excluding hydrogens is 154 g/mol. The van der Waals surface area contributed by atoms with E-state index >= 15 is 0 Å². The maximum absolute atomic E-state index is 10.8. The van der Waals surface area contributed by atoms with Crippen molar-refractivity contribution in [1.29, 1.82) is 0 Å². The molecule has 0 spiro atoms. The van der Waals surface area contributed by atoms with Gasteiger partial charge >= 0.3 is 5.97 Å². The van der Waals surface area contributed by atoms with Gasteiger partial charge in [0.05, 0.1) is 0 Å². The van der Waals surface area contributed by atoms with Crippen LogP contribution in [-0.4, -0.2) is 17.3 Å². The number of hydrogen-bond acceptors (Lipinski definition) is 2. The van der Waals surface area contributed by atoms with Gasteiger partial charge in [0.1, 0.15) is 5.41 Å². The molecule has 0 bridgehead atoms. The molecule has 12 heavy (non-hydrogen) atoms. The Hall–Kier alpha value is -1.38. The summed E-state index contributed by atoms with van der Waals surface area (Å²) in [4.78, 5) is 14.7. The van der Waals surface area contributed by atoms with Crippen molar-refractivity contribution in [2.24, 2.45) is 10.4 Å². The highest BCUT2D eigenvalue weighted by Crippen LogP contribution is 2.19. The van der Waals surface area contributed by atoms with Gasteiger partial charge in [-0.3, -0.25) is 9.79 Å². The van der Waals surface area contributed by atoms with E-state index in [9.17, 15) is 4.79 Å². The predicted octanol–water partition coefficient (Wildman–Crippen LogP) is 1.62. The van der Waals surface area contributed by atoms with E-state index in [0.717, 1.165) is 5.57 Å². The number of carboxylic acid groups (broad SMARTS) is 1. The number of carbonyl (C=O) groups is 1. The molecule has 0 aromatic rings. The zero-order valence-electron chi connectivity index (χ0n) is 7.11. The number of aliphatic carboxylic acids is 1. The average molecular weight is 165 g/mol. The van der Waals surface area contributed by atoms with Crippen molar-refractivity contribution in [3.63, 3.8) is 0 Å². The van der Waals surface area contributed by atoms with Gasteiger partial charge in [-0.2, -0.15) is 0 Å². The van der Waals surface area contributed by atoms with E-state index in [4.69, 9.17) is 5.11 Å². The van der Waals surface area contributed by atoms with Crippen LogP contribution in [0.3, 0.4) is 0 Å². The fraction of sp³-hybridized carbons (Fsp3) is 0.333. The first-order valence-corrected chi connectivity index (χ1v) is 3.68. The van der Waals surface area contributed by atoms with Crippen LogP contribution in [0, 0.1) is 5.41 Å². The Morgan fingerprint density at radius 3 is 2.92 bits per heavy atom. The summed E-state index contributed by atoms with van der Waals surface area (Å²) in [5, 5.41) is 8.84. The van der Waals surface area contributed by atoms with Gasteiger partial charge in [-0.1, -0.05) is 12.2 Å². The molecule has 0 saturated heterocycles. The Balaban J connectivity index is 3.00. The lowest BCUT2D eigenvalue weighted by Crippen LogP contribution is -2.26. The highest BCUT2D eigenvalue weighted by Gasteiger charge is 2.28. The molecule has 1 rings (SSSR count). The van der Waals surface area contributed by atoms with Crippen LogP contribution < -0.4 is 0 Å². The molecule has 1 unspecified atom stereocenters. The largest absolute Gasteiger partial charge is 0.480 e. The third kappa shape index (κ3) is 1.61. The van der Waals surface area contributed by atoms with Gasteiger partial charge in [0.15, 0.2) is 0 Å². The Labute approximate surface area is 71.1 Å².